The summed E-state index contributed by atoms with van der Waals surface area (Å²) >= 11 is 0. The number of fused-ring (bicyclic) bond motifs is 3. The molecule has 1 aliphatic heterocycles. The van der Waals surface area contributed by atoms with Crippen molar-refractivity contribution in [3.63, 3.8) is 0 Å². The lowest BCUT2D eigenvalue weighted by atomic mass is 9.68. The Morgan fingerprint density at radius 2 is 1.38 bits per heavy atom. The number of benzene rings is 4. The number of aromatic hydroxyl groups is 2. The minimum atomic E-state index is -2.45. The highest BCUT2D eigenvalue weighted by molar-refractivity contribution is 6.31. The van der Waals surface area contributed by atoms with Crippen LogP contribution in [0.4, 0.5) is 0 Å². The van der Waals surface area contributed by atoms with Crippen LogP contribution in [0.15, 0.2) is 78.9 Å². The molecule has 2 fully saturated rings. The van der Waals surface area contributed by atoms with Crippen LogP contribution in [0.1, 0.15) is 151 Å². The van der Waals surface area contributed by atoms with Gasteiger partial charge in [-0.25, -0.2) is 0 Å². The van der Waals surface area contributed by atoms with Gasteiger partial charge in [-0.15, -0.1) is 0 Å². The van der Waals surface area contributed by atoms with Gasteiger partial charge < -0.3 is 75.5 Å². The Morgan fingerprint density at radius 1 is 0.729 bits per heavy atom. The second-order valence-electron chi connectivity index (χ2n) is 23.5. The van der Waals surface area contributed by atoms with Crippen LogP contribution < -0.4 is 15.4 Å². The quantitative estimate of drug-likeness (QED) is 0.0361. The first-order valence-electron chi connectivity index (χ1n) is 28.7. The van der Waals surface area contributed by atoms with Gasteiger partial charge in [0.05, 0.1) is 85.2 Å². The summed E-state index contributed by atoms with van der Waals surface area (Å²) in [6.07, 6.45) is -3.89. The van der Waals surface area contributed by atoms with E-state index in [0.29, 0.717) is 18.6 Å². The van der Waals surface area contributed by atoms with Crippen molar-refractivity contribution in [3.8, 4) is 17.2 Å². The highest BCUT2D eigenvalue weighted by Crippen LogP contribution is 2.53. The maximum atomic E-state index is 15.9. The Morgan fingerprint density at radius 3 is 1.96 bits per heavy atom. The lowest BCUT2D eigenvalue weighted by molar-refractivity contribution is -0.218. The van der Waals surface area contributed by atoms with Crippen molar-refractivity contribution in [2.75, 3.05) is 40.1 Å². The molecule has 4 aliphatic rings. The SMILES string of the molecule is COc1cccc2c1C(=O)c1c(O)c3c(c(O)c1C2=O)C[C@@](O)(C(=O)CO)C[C@@H]3O[C@@H]1CC[C@@H](O[C@@H]2CCCCO2)[C@](C)(NC(=O)C(CC(C)c2ccccc2)C(C(=O)O)C(CC(C(=O)O)C(C)C(=O)NC(CO)(CO)CO)c2ccccc2)C1. The van der Waals surface area contributed by atoms with Crippen LogP contribution in [0.2, 0.25) is 0 Å². The maximum absolute atomic E-state index is 15.9. The molecule has 85 heavy (non-hydrogen) atoms. The molecule has 4 aromatic carbocycles. The first-order chi connectivity index (χ1) is 40.5. The number of aliphatic hydroxyl groups excluding tert-OH is 4. The van der Waals surface area contributed by atoms with Gasteiger partial charge in [0.1, 0.15) is 35.0 Å². The summed E-state index contributed by atoms with van der Waals surface area (Å²) in [7, 11) is 1.29. The summed E-state index contributed by atoms with van der Waals surface area (Å²) in [5.41, 5.74) is -6.74. The van der Waals surface area contributed by atoms with E-state index in [1.807, 2.05) is 19.1 Å². The molecule has 1 saturated heterocycles. The van der Waals surface area contributed by atoms with Crippen LogP contribution in [0.3, 0.4) is 0 Å². The van der Waals surface area contributed by atoms with Gasteiger partial charge in [-0.2, -0.15) is 0 Å². The van der Waals surface area contributed by atoms with Crippen molar-refractivity contribution in [1.29, 1.82) is 0 Å². The van der Waals surface area contributed by atoms with E-state index in [0.717, 1.165) is 18.4 Å². The molecule has 1 saturated carbocycles. The molecule has 22 heteroatoms. The number of carbonyl (C=O) groups excluding carboxylic acids is 5. The van der Waals surface area contributed by atoms with Crippen molar-refractivity contribution in [2.45, 2.75) is 138 Å². The van der Waals surface area contributed by atoms with Gasteiger partial charge in [0, 0.05) is 42.1 Å². The summed E-state index contributed by atoms with van der Waals surface area (Å²) in [5, 5.41) is 105. The van der Waals surface area contributed by atoms with E-state index in [-0.39, 0.29) is 53.7 Å². The van der Waals surface area contributed by atoms with Crippen molar-refractivity contribution < 1.29 is 98.5 Å². The molecule has 458 valence electrons. The first kappa shape index (κ1) is 63.9. The Balaban J connectivity index is 1.20. The van der Waals surface area contributed by atoms with E-state index in [1.54, 1.807) is 55.5 Å². The lowest BCUT2D eigenvalue weighted by Crippen LogP contribution is -2.62. The van der Waals surface area contributed by atoms with Gasteiger partial charge in [-0.05, 0) is 87.3 Å². The van der Waals surface area contributed by atoms with Crippen molar-refractivity contribution >= 4 is 41.1 Å². The van der Waals surface area contributed by atoms with Gasteiger partial charge >= 0.3 is 11.9 Å². The second kappa shape index (κ2) is 26.6. The second-order valence-corrected chi connectivity index (χ2v) is 23.5. The van der Waals surface area contributed by atoms with Gasteiger partial charge in [0.25, 0.3) is 0 Å². The molecule has 8 rings (SSSR count). The highest BCUT2D eigenvalue weighted by atomic mass is 16.7. The normalized spacial score (nSPS) is 24.2. The number of rotatable bonds is 25. The molecule has 3 aliphatic carbocycles. The number of phenolic OH excluding ortho intramolecular Hbond substituents is 2. The first-order valence-corrected chi connectivity index (χ1v) is 28.7. The topological polar surface area (TPSA) is 363 Å². The number of phenols is 2. The predicted octanol–water partition coefficient (Wildman–Crippen LogP) is 4.37. The van der Waals surface area contributed by atoms with E-state index < -0.39 is 186 Å². The summed E-state index contributed by atoms with van der Waals surface area (Å²) < 4.78 is 25.0. The van der Waals surface area contributed by atoms with Crippen molar-refractivity contribution in [3.05, 3.63) is 123 Å². The Kier molecular flexibility index (Phi) is 20.0. The molecule has 4 aromatic rings. The van der Waals surface area contributed by atoms with Crippen molar-refractivity contribution in [1.82, 2.24) is 10.6 Å². The number of hydrogen-bond donors (Lipinski definition) is 11. The van der Waals surface area contributed by atoms with Crippen LogP contribution in [-0.2, 0) is 44.6 Å². The molecule has 11 N–H and O–H groups in total. The maximum Gasteiger partial charge on any atom is 0.307 e. The lowest BCUT2D eigenvalue weighted by Gasteiger charge is -2.48. The number of carboxylic acids is 2. The van der Waals surface area contributed by atoms with Crippen LogP contribution in [0, 0.1) is 23.7 Å². The molecule has 12 atom stereocenters. The fourth-order valence-electron chi connectivity index (χ4n) is 13.0. The number of aliphatic hydroxyl groups is 5. The van der Waals surface area contributed by atoms with Crippen LogP contribution >= 0.6 is 0 Å². The average Bonchev–Trinajstić information content (AvgIpc) is 0.771. The van der Waals surface area contributed by atoms with Gasteiger partial charge in [-0.3, -0.25) is 33.6 Å². The number of Topliss-reactive ketones (excluding diaryl/α,β-unsaturated/α-hetero) is 1. The molecule has 0 bridgehead atoms. The Hall–Kier alpha value is -7.15. The largest absolute Gasteiger partial charge is 0.507 e. The van der Waals surface area contributed by atoms with E-state index in [4.69, 9.17) is 18.9 Å². The number of hydrogen-bond acceptors (Lipinski definition) is 18. The highest BCUT2D eigenvalue weighted by Gasteiger charge is 2.53. The monoisotopic (exact) mass is 1180 g/mol. The number of ether oxygens (including phenoxy) is 4. The zero-order chi connectivity index (χ0) is 61.7. The number of amides is 2. The predicted molar refractivity (Wildman–Crippen MR) is 302 cm³/mol. The minimum absolute atomic E-state index is 0.0168. The van der Waals surface area contributed by atoms with Crippen molar-refractivity contribution in [2.24, 2.45) is 23.7 Å². The molecule has 0 spiro atoms. The average molecular weight is 1180 g/mol. The van der Waals surface area contributed by atoms with Crippen LogP contribution in [0.25, 0.3) is 0 Å². The number of carbonyl (C=O) groups is 7. The molecular formula is C63H76N2O20. The molecule has 6 unspecified atom stereocenters. The van der Waals surface area contributed by atoms with Crippen LogP contribution in [0.5, 0.6) is 17.2 Å². The number of methoxy groups -OCH3 is 1. The third-order valence-corrected chi connectivity index (χ3v) is 17.9. The number of ketones is 3. The van der Waals surface area contributed by atoms with Gasteiger partial charge in [-0.1, -0.05) is 86.6 Å². The van der Waals surface area contributed by atoms with E-state index >= 15 is 4.79 Å². The van der Waals surface area contributed by atoms with E-state index in [1.165, 1.54) is 32.2 Å². The Labute approximate surface area is 491 Å². The van der Waals surface area contributed by atoms with E-state index in [9.17, 15) is 74.7 Å². The Bertz CT molecular complexity index is 3120. The number of aliphatic carboxylic acids is 2. The summed E-state index contributed by atoms with van der Waals surface area (Å²) in [6.45, 7) is 1.33. The molecule has 2 amide bonds. The molecular weight excluding hydrogens is 1100 g/mol. The third-order valence-electron chi connectivity index (χ3n) is 17.9. The van der Waals surface area contributed by atoms with Crippen LogP contribution in [-0.4, -0.2) is 162 Å². The summed E-state index contributed by atoms with van der Waals surface area (Å²) in [5.74, 6) is -17.1. The molecule has 0 radical (unpaired) electrons. The fourth-order valence-corrected chi connectivity index (χ4v) is 13.0. The summed E-state index contributed by atoms with van der Waals surface area (Å²) in [6, 6.07) is 21.4. The fraction of sp³-hybridized carbons (Fsp3) is 0.508. The molecule has 0 aromatic heterocycles. The number of carboxylic acid groups (broad SMARTS) is 2. The zero-order valence-corrected chi connectivity index (χ0v) is 47.9. The van der Waals surface area contributed by atoms with Gasteiger partial charge in [0.2, 0.25) is 17.6 Å². The zero-order valence-electron chi connectivity index (χ0n) is 47.9. The van der Waals surface area contributed by atoms with E-state index in [2.05, 4.69) is 10.6 Å². The third kappa shape index (κ3) is 13.0. The standard InChI is InChI=1S/C63H76N2O20/c1-33(35-14-7-5-8-15-35)24-41(48(60(79)80)40(36-16-9-6-10-17-36)25-39(59(77)78)34(2)57(75)65-62(30-67,31-68)32-69)58(76)64-61(3)26-37(21-22-46(61)85-47-20-11-12-23-83-47)84-44-28-63(81,45(70)29-66)27-42-50(44)56(74)52-51(54(42)72)53(71)38-18-13-19-43(82-4)49(38)55(52)73/h5-10,13-19,33-34,37,39-41,44,46-48,66-69,72,74,81H,11-12,20-32H2,1-4H3,(H,64,76)(H,65,75)(H,77,78)(H,79,80)/t33?,34?,37-,39?,40?,41?,44+,46-,47-,48?,61-,63+/m1/s1. The molecule has 22 nitrogen and oxygen atoms in total. The van der Waals surface area contributed by atoms with Gasteiger partial charge in [0.15, 0.2) is 17.9 Å². The smallest absolute Gasteiger partial charge is 0.307 e. The molecule has 1 heterocycles. The summed E-state index contributed by atoms with van der Waals surface area (Å²) in [4.78, 5) is 99.6. The number of nitrogens with one attached hydrogen (secondary N) is 2. The minimum Gasteiger partial charge on any atom is -0.507 e.